The number of hydrogen-bond acceptors (Lipinski definition) is 3. The van der Waals surface area contributed by atoms with Gasteiger partial charge in [0.2, 0.25) is 11.8 Å². The van der Waals surface area contributed by atoms with E-state index in [9.17, 15) is 9.59 Å². The molecule has 2 amide bonds. The van der Waals surface area contributed by atoms with Gasteiger partial charge in [-0.25, -0.2) is 0 Å². The van der Waals surface area contributed by atoms with Crippen LogP contribution in [-0.4, -0.2) is 48.4 Å². The first kappa shape index (κ1) is 19.0. The maximum atomic E-state index is 12.8. The Balaban J connectivity index is 1.34. The molecule has 3 aliphatic rings. The van der Waals surface area contributed by atoms with E-state index in [2.05, 4.69) is 12.2 Å². The van der Waals surface area contributed by atoms with Crippen LogP contribution in [0.15, 0.2) is 36.4 Å². The number of ether oxygens (including phenoxy) is 1. The molecule has 2 saturated heterocycles. The number of nitrogens with zero attached hydrogens (tertiary/aromatic N) is 2. The van der Waals surface area contributed by atoms with Crippen LogP contribution in [0.2, 0.25) is 0 Å². The van der Waals surface area contributed by atoms with Gasteiger partial charge in [0.15, 0.2) is 0 Å². The van der Waals surface area contributed by atoms with Crippen molar-refractivity contribution < 1.29 is 14.3 Å². The molecule has 150 valence electrons. The molecule has 5 nitrogen and oxygen atoms in total. The molecule has 4 rings (SSSR count). The highest BCUT2D eigenvalue weighted by Gasteiger charge is 2.45. The van der Waals surface area contributed by atoms with Gasteiger partial charge in [-0.1, -0.05) is 24.3 Å². The summed E-state index contributed by atoms with van der Waals surface area (Å²) < 4.78 is 5.30. The largest absolute Gasteiger partial charge is 0.497 e. The molecule has 0 aromatic heterocycles. The first-order chi connectivity index (χ1) is 13.6. The quantitative estimate of drug-likeness (QED) is 0.750. The number of allylic oxidation sites excluding steroid dienone is 2. The normalized spacial score (nSPS) is 24.0. The lowest BCUT2D eigenvalue weighted by molar-refractivity contribution is -0.138. The van der Waals surface area contributed by atoms with Crippen LogP contribution in [0.4, 0.5) is 0 Å². The second-order valence-corrected chi connectivity index (χ2v) is 8.58. The molecule has 0 unspecified atom stereocenters. The number of piperidine rings is 1. The molecule has 0 bridgehead atoms. The maximum Gasteiger partial charge on any atom is 0.226 e. The van der Waals surface area contributed by atoms with E-state index in [4.69, 9.17) is 4.74 Å². The predicted molar refractivity (Wildman–Crippen MR) is 108 cm³/mol. The Morgan fingerprint density at radius 3 is 2.79 bits per heavy atom. The lowest BCUT2D eigenvalue weighted by Crippen LogP contribution is -2.46. The second kappa shape index (κ2) is 7.98. The number of rotatable bonds is 4. The Morgan fingerprint density at radius 1 is 1.25 bits per heavy atom. The molecule has 28 heavy (non-hydrogen) atoms. The summed E-state index contributed by atoms with van der Waals surface area (Å²) in [7, 11) is 1.66. The van der Waals surface area contributed by atoms with Gasteiger partial charge >= 0.3 is 0 Å². The van der Waals surface area contributed by atoms with Crippen molar-refractivity contribution in [3.8, 4) is 5.75 Å². The van der Waals surface area contributed by atoms with E-state index in [1.165, 1.54) is 0 Å². The molecular weight excluding hydrogens is 352 g/mol. The SMILES string of the molecule is COc1cccc(CN2CC3(CCN(C(=O)[C@@H]4CC=CCC4)CC3)CC2=O)c1. The molecule has 1 aromatic carbocycles. The molecular formula is C23H30N2O3. The standard InChI is InChI=1S/C23H30N2O3/c1-28-20-9-5-6-18(14-20)16-25-17-23(15-21(25)26)10-12-24(13-11-23)22(27)19-7-3-2-4-8-19/h2-3,5-6,9,14,19H,4,7-8,10-13,15-17H2,1H3/t19-/m1/s1. The van der Waals surface area contributed by atoms with Gasteiger partial charge in [0.05, 0.1) is 7.11 Å². The van der Waals surface area contributed by atoms with E-state index in [0.29, 0.717) is 18.9 Å². The Labute approximate surface area is 167 Å². The molecule has 2 aliphatic heterocycles. The zero-order chi connectivity index (χ0) is 19.6. The van der Waals surface area contributed by atoms with Crippen molar-refractivity contribution in [2.45, 2.75) is 45.1 Å². The predicted octanol–water partition coefficient (Wildman–Crippen LogP) is 3.39. The first-order valence-corrected chi connectivity index (χ1v) is 10.4. The summed E-state index contributed by atoms with van der Waals surface area (Å²) in [5.41, 5.74) is 1.14. The summed E-state index contributed by atoms with van der Waals surface area (Å²) in [4.78, 5) is 29.5. The van der Waals surface area contributed by atoms with Gasteiger partial charge in [-0.05, 0) is 49.8 Å². The van der Waals surface area contributed by atoms with Crippen molar-refractivity contribution in [2.24, 2.45) is 11.3 Å². The fourth-order valence-electron chi connectivity index (χ4n) is 4.93. The minimum absolute atomic E-state index is 0.0409. The van der Waals surface area contributed by atoms with E-state index < -0.39 is 0 Å². The highest BCUT2D eigenvalue weighted by Crippen LogP contribution is 2.42. The average molecular weight is 383 g/mol. The van der Waals surface area contributed by atoms with Crippen LogP contribution in [0.3, 0.4) is 0 Å². The molecule has 2 heterocycles. The first-order valence-electron chi connectivity index (χ1n) is 10.4. The summed E-state index contributed by atoms with van der Waals surface area (Å²) in [6, 6.07) is 7.93. The lowest BCUT2D eigenvalue weighted by atomic mass is 9.77. The summed E-state index contributed by atoms with van der Waals surface area (Å²) in [6.07, 6.45) is 9.67. The zero-order valence-electron chi connectivity index (χ0n) is 16.7. The van der Waals surface area contributed by atoms with E-state index in [1.807, 2.05) is 34.1 Å². The molecule has 0 saturated carbocycles. The number of benzene rings is 1. The fourth-order valence-corrected chi connectivity index (χ4v) is 4.93. The minimum Gasteiger partial charge on any atom is -0.497 e. The highest BCUT2D eigenvalue weighted by molar-refractivity contribution is 5.81. The molecule has 1 atom stereocenters. The van der Waals surface area contributed by atoms with Crippen LogP contribution in [-0.2, 0) is 16.1 Å². The van der Waals surface area contributed by atoms with E-state index in [1.54, 1.807) is 7.11 Å². The van der Waals surface area contributed by atoms with Gasteiger partial charge in [0.1, 0.15) is 5.75 Å². The van der Waals surface area contributed by atoms with Gasteiger partial charge in [0.25, 0.3) is 0 Å². The molecule has 0 radical (unpaired) electrons. The zero-order valence-corrected chi connectivity index (χ0v) is 16.7. The number of methoxy groups -OCH3 is 1. The fraction of sp³-hybridized carbons (Fsp3) is 0.565. The van der Waals surface area contributed by atoms with Crippen molar-refractivity contribution in [3.05, 3.63) is 42.0 Å². The lowest BCUT2D eigenvalue weighted by Gasteiger charge is -2.40. The number of likely N-dealkylation sites (tertiary alicyclic amines) is 2. The number of amides is 2. The molecule has 1 aromatic rings. The van der Waals surface area contributed by atoms with Gasteiger partial charge in [-0.3, -0.25) is 9.59 Å². The van der Waals surface area contributed by atoms with Gasteiger partial charge in [-0.15, -0.1) is 0 Å². The van der Waals surface area contributed by atoms with Gasteiger partial charge < -0.3 is 14.5 Å². The Kier molecular flexibility index (Phi) is 5.42. The molecule has 1 aliphatic carbocycles. The van der Waals surface area contributed by atoms with E-state index in [-0.39, 0.29) is 17.2 Å². The van der Waals surface area contributed by atoms with Crippen LogP contribution in [0.5, 0.6) is 5.75 Å². The van der Waals surface area contributed by atoms with E-state index >= 15 is 0 Å². The van der Waals surface area contributed by atoms with Crippen LogP contribution in [0.25, 0.3) is 0 Å². The number of carbonyl (C=O) groups excluding carboxylic acids is 2. The monoisotopic (exact) mass is 382 g/mol. The van der Waals surface area contributed by atoms with Crippen molar-refractivity contribution >= 4 is 11.8 Å². The second-order valence-electron chi connectivity index (χ2n) is 8.58. The molecule has 0 N–H and O–H groups in total. The van der Waals surface area contributed by atoms with Crippen LogP contribution in [0.1, 0.15) is 44.1 Å². The smallest absolute Gasteiger partial charge is 0.226 e. The topological polar surface area (TPSA) is 49.9 Å². The highest BCUT2D eigenvalue weighted by atomic mass is 16.5. The summed E-state index contributed by atoms with van der Waals surface area (Å²) >= 11 is 0. The van der Waals surface area contributed by atoms with Gasteiger partial charge in [0, 0.05) is 43.9 Å². The van der Waals surface area contributed by atoms with Crippen molar-refractivity contribution in [1.29, 1.82) is 0 Å². The van der Waals surface area contributed by atoms with Gasteiger partial charge in [-0.2, -0.15) is 0 Å². The van der Waals surface area contributed by atoms with Crippen LogP contribution < -0.4 is 4.74 Å². The molecule has 5 heteroatoms. The Morgan fingerprint density at radius 2 is 2.07 bits per heavy atom. The third-order valence-electron chi connectivity index (χ3n) is 6.67. The third-order valence-corrected chi connectivity index (χ3v) is 6.67. The average Bonchev–Trinajstić information content (AvgIpc) is 3.03. The van der Waals surface area contributed by atoms with Crippen LogP contribution in [0, 0.1) is 11.3 Å². The van der Waals surface area contributed by atoms with Crippen molar-refractivity contribution in [1.82, 2.24) is 9.80 Å². The molecule has 1 spiro atoms. The number of hydrogen-bond donors (Lipinski definition) is 0. The maximum absolute atomic E-state index is 12.8. The Bertz CT molecular complexity index is 765. The Hall–Kier alpha value is -2.30. The third kappa shape index (κ3) is 3.94. The van der Waals surface area contributed by atoms with Crippen molar-refractivity contribution in [3.63, 3.8) is 0 Å². The van der Waals surface area contributed by atoms with E-state index in [0.717, 1.165) is 63.1 Å². The number of carbonyl (C=O) groups is 2. The summed E-state index contributed by atoms with van der Waals surface area (Å²) in [5, 5.41) is 0. The van der Waals surface area contributed by atoms with Crippen LogP contribution >= 0.6 is 0 Å². The summed E-state index contributed by atoms with van der Waals surface area (Å²) in [5.74, 6) is 1.54. The van der Waals surface area contributed by atoms with Crippen molar-refractivity contribution in [2.75, 3.05) is 26.7 Å². The summed E-state index contributed by atoms with van der Waals surface area (Å²) in [6.45, 7) is 3.02. The minimum atomic E-state index is 0.0409. The molecule has 2 fully saturated rings.